The molecule has 0 aliphatic rings. The van der Waals surface area contributed by atoms with Gasteiger partial charge in [0, 0.05) is 22.1 Å². The zero-order valence-corrected chi connectivity index (χ0v) is 16.3. The summed E-state index contributed by atoms with van der Waals surface area (Å²) in [6.07, 6.45) is 1.47. The molecule has 0 fully saturated rings. The van der Waals surface area contributed by atoms with Gasteiger partial charge in [0.15, 0.2) is 5.75 Å². The van der Waals surface area contributed by atoms with Gasteiger partial charge in [-0.2, -0.15) is 5.10 Å². The Morgan fingerprint density at radius 2 is 1.96 bits per heavy atom. The van der Waals surface area contributed by atoms with Crippen LogP contribution in [0.2, 0.25) is 0 Å². The first kappa shape index (κ1) is 19.3. The molecular formula is C19H18N4O4S. The van der Waals surface area contributed by atoms with Crippen LogP contribution in [0, 0.1) is 17.0 Å². The molecule has 1 heterocycles. The molecule has 0 amide bonds. The maximum Gasteiger partial charge on any atom is 0.315 e. The minimum atomic E-state index is -0.525. The molecule has 0 saturated carbocycles. The van der Waals surface area contributed by atoms with Gasteiger partial charge < -0.3 is 9.47 Å². The highest BCUT2D eigenvalue weighted by atomic mass is 32.1. The van der Waals surface area contributed by atoms with Crippen molar-refractivity contribution in [3.05, 3.63) is 63.0 Å². The largest absolute Gasteiger partial charge is 0.493 e. The highest BCUT2D eigenvalue weighted by Gasteiger charge is 2.21. The number of nitrogens with one attached hydrogen (secondary N) is 1. The van der Waals surface area contributed by atoms with Crippen molar-refractivity contribution in [2.45, 2.75) is 6.92 Å². The topological polar surface area (TPSA) is 98.9 Å². The number of nitro groups is 1. The van der Waals surface area contributed by atoms with Crippen LogP contribution in [0.1, 0.15) is 10.4 Å². The number of nitrogens with zero attached hydrogens (tertiary/aromatic N) is 3. The molecule has 0 atom stereocenters. The predicted molar refractivity (Wildman–Crippen MR) is 110 cm³/mol. The van der Waals surface area contributed by atoms with Crippen LogP contribution in [-0.2, 0) is 0 Å². The number of benzene rings is 2. The average Bonchev–Trinajstić information content (AvgIpc) is 3.08. The standard InChI is InChI=1S/C19H18N4O4S/c1-12-17(14-7-5-4-6-8-14)21-19(28-12)22-20-11-13-9-15(23(24)25)18(27-3)16(10-13)26-2/h4-11H,1-3H3,(H,21,22)/b20-11-. The molecule has 1 N–H and O–H groups in total. The summed E-state index contributed by atoms with van der Waals surface area (Å²) in [4.78, 5) is 16.4. The highest BCUT2D eigenvalue weighted by Crippen LogP contribution is 2.37. The van der Waals surface area contributed by atoms with Crippen LogP contribution in [0.4, 0.5) is 10.8 Å². The van der Waals surface area contributed by atoms with Crippen molar-refractivity contribution in [3.8, 4) is 22.8 Å². The molecule has 3 aromatic rings. The van der Waals surface area contributed by atoms with E-state index in [4.69, 9.17) is 9.47 Å². The van der Waals surface area contributed by atoms with Gasteiger partial charge in [-0.3, -0.25) is 15.5 Å². The Hall–Kier alpha value is -3.46. The van der Waals surface area contributed by atoms with Gasteiger partial charge in [-0.05, 0) is 13.0 Å². The van der Waals surface area contributed by atoms with Gasteiger partial charge in [0.25, 0.3) is 0 Å². The van der Waals surface area contributed by atoms with Crippen molar-refractivity contribution in [3.63, 3.8) is 0 Å². The fraction of sp³-hybridized carbons (Fsp3) is 0.158. The lowest BCUT2D eigenvalue weighted by atomic mass is 10.1. The van der Waals surface area contributed by atoms with E-state index in [9.17, 15) is 10.1 Å². The number of ether oxygens (including phenoxy) is 2. The third-order valence-corrected chi connectivity index (χ3v) is 4.77. The summed E-state index contributed by atoms with van der Waals surface area (Å²) in [6, 6.07) is 12.9. The second-order valence-corrected chi connectivity index (χ2v) is 6.90. The predicted octanol–water partition coefficient (Wildman–Crippen LogP) is 4.49. The average molecular weight is 398 g/mol. The van der Waals surface area contributed by atoms with Crippen molar-refractivity contribution in [1.82, 2.24) is 4.98 Å². The summed E-state index contributed by atoms with van der Waals surface area (Å²) in [6.45, 7) is 1.99. The van der Waals surface area contributed by atoms with E-state index >= 15 is 0 Å². The molecule has 2 aromatic carbocycles. The third kappa shape index (κ3) is 4.09. The van der Waals surface area contributed by atoms with Crippen molar-refractivity contribution >= 4 is 28.4 Å². The summed E-state index contributed by atoms with van der Waals surface area (Å²) < 4.78 is 10.3. The Kier molecular flexibility index (Phi) is 5.85. The molecule has 1 aromatic heterocycles. The number of hydrogen-bond donors (Lipinski definition) is 1. The van der Waals surface area contributed by atoms with Gasteiger partial charge in [-0.15, -0.1) is 11.3 Å². The van der Waals surface area contributed by atoms with Crippen LogP contribution in [0.25, 0.3) is 11.3 Å². The monoisotopic (exact) mass is 398 g/mol. The fourth-order valence-electron chi connectivity index (χ4n) is 2.65. The molecule has 0 bridgehead atoms. The van der Waals surface area contributed by atoms with Crippen LogP contribution in [0.5, 0.6) is 11.5 Å². The van der Waals surface area contributed by atoms with Crippen LogP contribution in [0.15, 0.2) is 47.6 Å². The van der Waals surface area contributed by atoms with E-state index in [1.807, 2.05) is 37.3 Å². The Balaban J connectivity index is 1.82. The first-order chi connectivity index (χ1) is 13.5. The van der Waals surface area contributed by atoms with Crippen LogP contribution >= 0.6 is 11.3 Å². The first-order valence-electron chi connectivity index (χ1n) is 8.25. The van der Waals surface area contributed by atoms with Crippen molar-refractivity contribution in [1.29, 1.82) is 0 Å². The quantitative estimate of drug-likeness (QED) is 0.358. The zero-order chi connectivity index (χ0) is 20.1. The Morgan fingerprint density at radius 1 is 1.21 bits per heavy atom. The lowest BCUT2D eigenvalue weighted by Crippen LogP contribution is -1.99. The molecule has 3 rings (SSSR count). The Labute approximate surface area is 165 Å². The van der Waals surface area contributed by atoms with E-state index in [-0.39, 0.29) is 17.2 Å². The minimum absolute atomic E-state index is 0.0701. The summed E-state index contributed by atoms with van der Waals surface area (Å²) >= 11 is 1.48. The number of aromatic nitrogens is 1. The number of methoxy groups -OCH3 is 2. The van der Waals surface area contributed by atoms with Gasteiger partial charge in [0.2, 0.25) is 10.9 Å². The Bertz CT molecular complexity index is 1020. The second-order valence-electron chi connectivity index (χ2n) is 5.69. The number of hydrogen-bond acceptors (Lipinski definition) is 8. The maximum atomic E-state index is 11.3. The molecule has 0 aliphatic heterocycles. The fourth-order valence-corrected chi connectivity index (χ4v) is 3.43. The van der Waals surface area contributed by atoms with Gasteiger partial charge in [-0.25, -0.2) is 4.98 Å². The minimum Gasteiger partial charge on any atom is -0.493 e. The molecule has 0 spiro atoms. The summed E-state index contributed by atoms with van der Waals surface area (Å²) in [7, 11) is 2.78. The van der Waals surface area contributed by atoms with E-state index in [1.54, 1.807) is 6.07 Å². The second kappa shape index (κ2) is 8.49. The number of hydrazone groups is 1. The molecule has 0 aliphatic carbocycles. The molecular weight excluding hydrogens is 380 g/mol. The van der Waals surface area contributed by atoms with E-state index in [0.717, 1.165) is 16.1 Å². The number of aryl methyl sites for hydroxylation is 1. The third-order valence-electron chi connectivity index (χ3n) is 3.90. The molecule has 0 saturated heterocycles. The molecule has 9 heteroatoms. The molecule has 0 unspecified atom stereocenters. The van der Waals surface area contributed by atoms with Crippen molar-refractivity contribution in [2.75, 3.05) is 19.6 Å². The van der Waals surface area contributed by atoms with Crippen LogP contribution in [0.3, 0.4) is 0 Å². The number of anilines is 1. The normalized spacial score (nSPS) is 10.8. The Morgan fingerprint density at radius 3 is 2.61 bits per heavy atom. The van der Waals surface area contributed by atoms with Gasteiger partial charge in [0.1, 0.15) is 0 Å². The zero-order valence-electron chi connectivity index (χ0n) is 15.5. The SMILES string of the molecule is COc1cc(/C=N\Nc2nc(-c3ccccc3)c(C)s2)cc([N+](=O)[O-])c1OC. The molecule has 28 heavy (non-hydrogen) atoms. The van der Waals surface area contributed by atoms with Gasteiger partial charge in [0.05, 0.1) is 31.1 Å². The van der Waals surface area contributed by atoms with Gasteiger partial charge in [-0.1, -0.05) is 30.3 Å². The van der Waals surface area contributed by atoms with E-state index in [0.29, 0.717) is 10.7 Å². The van der Waals surface area contributed by atoms with E-state index in [1.165, 1.54) is 37.8 Å². The molecule has 144 valence electrons. The summed E-state index contributed by atoms with van der Waals surface area (Å²) in [5.41, 5.74) is 5.10. The lowest BCUT2D eigenvalue weighted by molar-refractivity contribution is -0.385. The van der Waals surface area contributed by atoms with Crippen LogP contribution in [-0.4, -0.2) is 30.3 Å². The molecule has 8 nitrogen and oxygen atoms in total. The molecule has 0 radical (unpaired) electrons. The number of rotatable bonds is 7. The van der Waals surface area contributed by atoms with E-state index in [2.05, 4.69) is 15.5 Å². The summed E-state index contributed by atoms with van der Waals surface area (Å²) in [5.74, 6) is 0.329. The van der Waals surface area contributed by atoms with Crippen molar-refractivity contribution in [2.24, 2.45) is 5.10 Å². The maximum absolute atomic E-state index is 11.3. The lowest BCUT2D eigenvalue weighted by Gasteiger charge is -2.08. The first-order valence-corrected chi connectivity index (χ1v) is 9.07. The number of thiazole rings is 1. The van der Waals surface area contributed by atoms with E-state index < -0.39 is 4.92 Å². The number of nitro benzene ring substituents is 1. The highest BCUT2D eigenvalue weighted by molar-refractivity contribution is 7.15. The smallest absolute Gasteiger partial charge is 0.315 e. The van der Waals surface area contributed by atoms with Gasteiger partial charge >= 0.3 is 5.69 Å². The van der Waals surface area contributed by atoms with Crippen molar-refractivity contribution < 1.29 is 14.4 Å². The summed E-state index contributed by atoms with van der Waals surface area (Å²) in [5, 5.41) is 16.0. The van der Waals surface area contributed by atoms with Crippen LogP contribution < -0.4 is 14.9 Å².